The predicted octanol–water partition coefficient (Wildman–Crippen LogP) is 3.22. The first kappa shape index (κ1) is 18.7. The first-order valence-electron chi connectivity index (χ1n) is 8.93. The quantitative estimate of drug-likeness (QED) is 0.583. The fourth-order valence-corrected chi connectivity index (χ4v) is 2.61. The summed E-state index contributed by atoms with van der Waals surface area (Å²) in [7, 11) is 0. The van der Waals surface area contributed by atoms with E-state index in [2.05, 4.69) is 10.6 Å². The third-order valence-electron chi connectivity index (χ3n) is 4.00. The molecular weight excluding hydrogens is 344 g/mol. The molecule has 0 spiro atoms. The lowest BCUT2D eigenvalue weighted by molar-refractivity contribution is -0.115. The van der Waals surface area contributed by atoms with Crippen LogP contribution < -0.4 is 15.4 Å². The first-order valence-corrected chi connectivity index (χ1v) is 8.93. The van der Waals surface area contributed by atoms with Crippen molar-refractivity contribution in [2.24, 2.45) is 0 Å². The molecule has 0 saturated carbocycles. The van der Waals surface area contributed by atoms with Gasteiger partial charge in [0.2, 0.25) is 0 Å². The van der Waals surface area contributed by atoms with Crippen LogP contribution in [0.15, 0.2) is 54.3 Å². The topological polar surface area (TPSA) is 76.7 Å². The number of carbonyl (C=O) groups is 2. The Morgan fingerprint density at radius 1 is 1.19 bits per heavy atom. The second-order valence-corrected chi connectivity index (χ2v) is 5.99. The van der Waals surface area contributed by atoms with E-state index in [0.29, 0.717) is 36.8 Å². The molecule has 6 nitrogen and oxygen atoms in total. The number of hydrogen-bond acceptors (Lipinski definition) is 4. The van der Waals surface area contributed by atoms with E-state index in [-0.39, 0.29) is 17.6 Å². The average Bonchev–Trinajstić information content (AvgIpc) is 2.69. The molecule has 0 fully saturated rings. The van der Waals surface area contributed by atoms with E-state index in [1.807, 2.05) is 19.1 Å². The summed E-state index contributed by atoms with van der Waals surface area (Å²) in [6.07, 6.45) is 2.42. The predicted molar refractivity (Wildman–Crippen MR) is 104 cm³/mol. The molecule has 2 aromatic carbocycles. The maximum Gasteiger partial charge on any atom is 0.291 e. The molecule has 2 amide bonds. The van der Waals surface area contributed by atoms with Crippen LogP contribution in [0.5, 0.6) is 5.75 Å². The summed E-state index contributed by atoms with van der Waals surface area (Å²) in [4.78, 5) is 24.3. The fraction of sp³-hybridized carbons (Fsp3) is 0.238. The molecule has 0 atom stereocenters. The van der Waals surface area contributed by atoms with Crippen molar-refractivity contribution in [3.05, 3.63) is 65.4 Å². The maximum atomic E-state index is 12.2. The molecule has 2 N–H and O–H groups in total. The Morgan fingerprint density at radius 2 is 1.96 bits per heavy atom. The van der Waals surface area contributed by atoms with Crippen molar-refractivity contribution in [2.45, 2.75) is 13.3 Å². The van der Waals surface area contributed by atoms with Gasteiger partial charge in [-0.25, -0.2) is 0 Å². The molecule has 3 rings (SSSR count). The highest BCUT2D eigenvalue weighted by Gasteiger charge is 2.21. The van der Waals surface area contributed by atoms with Crippen LogP contribution in [0.2, 0.25) is 0 Å². The van der Waals surface area contributed by atoms with E-state index in [1.54, 1.807) is 42.5 Å². The van der Waals surface area contributed by atoms with Gasteiger partial charge in [0.05, 0.1) is 5.69 Å². The molecule has 0 aromatic heterocycles. The van der Waals surface area contributed by atoms with E-state index in [0.717, 1.165) is 12.0 Å². The van der Waals surface area contributed by atoms with Crippen LogP contribution in [-0.2, 0) is 9.53 Å². The summed E-state index contributed by atoms with van der Waals surface area (Å²) < 4.78 is 10.9. The van der Waals surface area contributed by atoms with Crippen molar-refractivity contribution in [3.8, 4) is 5.75 Å². The molecule has 0 radical (unpaired) electrons. The van der Waals surface area contributed by atoms with Crippen molar-refractivity contribution < 1.29 is 19.1 Å². The molecule has 6 heteroatoms. The van der Waals surface area contributed by atoms with Crippen LogP contribution in [0, 0.1) is 0 Å². The van der Waals surface area contributed by atoms with Crippen LogP contribution >= 0.6 is 0 Å². The van der Waals surface area contributed by atoms with Gasteiger partial charge in [-0.05, 0) is 49.2 Å². The van der Waals surface area contributed by atoms with Gasteiger partial charge in [0.1, 0.15) is 0 Å². The van der Waals surface area contributed by atoms with Gasteiger partial charge >= 0.3 is 0 Å². The lowest BCUT2D eigenvalue weighted by atomic mass is 10.1. The number of para-hydroxylation sites is 2. The van der Waals surface area contributed by atoms with Gasteiger partial charge in [-0.2, -0.15) is 0 Å². The lowest BCUT2D eigenvalue weighted by Gasteiger charge is -2.19. The standard InChI is InChI=1S/C21H22N2O4/c1-2-26-13-5-12-22-20(24)16-10-8-15(9-11-16)14-19-21(25)23-17-6-3-4-7-18(17)27-19/h3-4,6-11,14H,2,5,12-13H2,1H3,(H,22,24)(H,23,25)/b19-14-. The Hall–Kier alpha value is -3.12. The number of anilines is 1. The number of benzene rings is 2. The molecule has 1 aliphatic heterocycles. The lowest BCUT2D eigenvalue weighted by Crippen LogP contribution is -2.25. The number of rotatable bonds is 7. The van der Waals surface area contributed by atoms with Crippen molar-refractivity contribution in [1.82, 2.24) is 5.32 Å². The summed E-state index contributed by atoms with van der Waals surface area (Å²) >= 11 is 0. The highest BCUT2D eigenvalue weighted by Crippen LogP contribution is 2.30. The van der Waals surface area contributed by atoms with Gasteiger partial charge in [0.25, 0.3) is 11.8 Å². The summed E-state index contributed by atoms with van der Waals surface area (Å²) in [6.45, 7) is 3.82. The zero-order chi connectivity index (χ0) is 19.1. The SMILES string of the molecule is CCOCCCNC(=O)c1ccc(/C=C2\Oc3ccccc3NC2=O)cc1. The highest BCUT2D eigenvalue weighted by atomic mass is 16.5. The summed E-state index contributed by atoms with van der Waals surface area (Å²) in [5.41, 5.74) is 1.98. The first-order chi connectivity index (χ1) is 13.2. The number of amides is 2. The molecule has 2 aromatic rings. The minimum Gasteiger partial charge on any atom is -0.449 e. The Labute approximate surface area is 158 Å². The minimum absolute atomic E-state index is 0.133. The third-order valence-corrected chi connectivity index (χ3v) is 4.00. The van der Waals surface area contributed by atoms with Gasteiger partial charge in [-0.3, -0.25) is 9.59 Å². The molecule has 27 heavy (non-hydrogen) atoms. The van der Waals surface area contributed by atoms with E-state index in [9.17, 15) is 9.59 Å². The van der Waals surface area contributed by atoms with E-state index < -0.39 is 0 Å². The number of fused-ring (bicyclic) bond motifs is 1. The Balaban J connectivity index is 1.61. The second-order valence-electron chi connectivity index (χ2n) is 5.99. The second kappa shape index (κ2) is 9.00. The zero-order valence-corrected chi connectivity index (χ0v) is 15.2. The van der Waals surface area contributed by atoms with Crippen LogP contribution in [0.3, 0.4) is 0 Å². The monoisotopic (exact) mass is 366 g/mol. The van der Waals surface area contributed by atoms with Gasteiger partial charge in [0.15, 0.2) is 11.5 Å². The number of ether oxygens (including phenoxy) is 2. The Kier molecular flexibility index (Phi) is 6.22. The van der Waals surface area contributed by atoms with Crippen molar-refractivity contribution in [3.63, 3.8) is 0 Å². The van der Waals surface area contributed by atoms with E-state index in [1.165, 1.54) is 0 Å². The van der Waals surface area contributed by atoms with Crippen LogP contribution in [0.4, 0.5) is 5.69 Å². The maximum absolute atomic E-state index is 12.2. The number of carbonyl (C=O) groups excluding carboxylic acids is 2. The van der Waals surface area contributed by atoms with Gasteiger partial charge in [-0.15, -0.1) is 0 Å². The summed E-state index contributed by atoms with van der Waals surface area (Å²) in [6, 6.07) is 14.2. The van der Waals surface area contributed by atoms with Crippen molar-refractivity contribution >= 4 is 23.6 Å². The molecular formula is C21H22N2O4. The molecule has 0 aliphatic carbocycles. The molecule has 1 aliphatic rings. The van der Waals surface area contributed by atoms with E-state index >= 15 is 0 Å². The largest absolute Gasteiger partial charge is 0.449 e. The van der Waals surface area contributed by atoms with Crippen molar-refractivity contribution in [1.29, 1.82) is 0 Å². The van der Waals surface area contributed by atoms with Gasteiger partial charge < -0.3 is 20.1 Å². The molecule has 0 bridgehead atoms. The Bertz CT molecular complexity index is 844. The highest BCUT2D eigenvalue weighted by molar-refractivity contribution is 6.08. The smallest absolute Gasteiger partial charge is 0.291 e. The zero-order valence-electron chi connectivity index (χ0n) is 15.2. The fourth-order valence-electron chi connectivity index (χ4n) is 2.61. The van der Waals surface area contributed by atoms with Crippen molar-refractivity contribution in [2.75, 3.05) is 25.1 Å². The number of hydrogen-bond donors (Lipinski definition) is 2. The van der Waals surface area contributed by atoms with Crippen LogP contribution in [-0.4, -0.2) is 31.6 Å². The Morgan fingerprint density at radius 3 is 2.74 bits per heavy atom. The van der Waals surface area contributed by atoms with Crippen LogP contribution in [0.1, 0.15) is 29.3 Å². The van der Waals surface area contributed by atoms with Gasteiger partial charge in [-0.1, -0.05) is 24.3 Å². The van der Waals surface area contributed by atoms with Gasteiger partial charge in [0, 0.05) is 25.3 Å². The molecule has 1 heterocycles. The molecule has 0 unspecified atom stereocenters. The molecule has 140 valence electrons. The van der Waals surface area contributed by atoms with Crippen LogP contribution in [0.25, 0.3) is 6.08 Å². The normalized spacial score (nSPS) is 14.3. The third kappa shape index (κ3) is 4.95. The minimum atomic E-state index is -0.301. The summed E-state index contributed by atoms with van der Waals surface area (Å²) in [5.74, 6) is 0.379. The molecule has 0 saturated heterocycles. The average molecular weight is 366 g/mol. The summed E-state index contributed by atoms with van der Waals surface area (Å²) in [5, 5.41) is 5.64. The van der Waals surface area contributed by atoms with E-state index in [4.69, 9.17) is 9.47 Å². The number of nitrogens with one attached hydrogen (secondary N) is 2.